The molecular weight excluding hydrogens is 335 g/mol. The number of rotatable bonds is 3. The average molecular weight is 360 g/mol. The van der Waals surface area contributed by atoms with Crippen LogP contribution in [0.3, 0.4) is 0 Å². The lowest BCUT2D eigenvalue weighted by Crippen LogP contribution is -2.32. The third-order valence-electron chi connectivity index (χ3n) is 5.10. The maximum atomic E-state index is 13.3. The van der Waals surface area contributed by atoms with Crippen LogP contribution in [0.2, 0.25) is 0 Å². The maximum absolute atomic E-state index is 13.3. The Hall–Kier alpha value is -1.98. The minimum atomic E-state index is -0.683. The molecule has 3 unspecified atom stereocenters. The summed E-state index contributed by atoms with van der Waals surface area (Å²) in [5.74, 6) is -0.699. The van der Waals surface area contributed by atoms with Crippen molar-refractivity contribution in [3.8, 4) is 0 Å². The van der Waals surface area contributed by atoms with Crippen LogP contribution in [0.1, 0.15) is 45.1 Å². The zero-order valence-electron chi connectivity index (χ0n) is 15.1. The van der Waals surface area contributed by atoms with Gasteiger partial charge in [-0.15, -0.1) is 0 Å². The van der Waals surface area contributed by atoms with Gasteiger partial charge in [-0.05, 0) is 53.2 Å². The Morgan fingerprint density at radius 2 is 1.85 bits per heavy atom. The van der Waals surface area contributed by atoms with Crippen LogP contribution < -0.4 is 0 Å². The first kappa shape index (κ1) is 18.8. The van der Waals surface area contributed by atoms with E-state index in [0.717, 1.165) is 16.7 Å². The van der Waals surface area contributed by atoms with Crippen molar-refractivity contribution < 1.29 is 24.1 Å². The highest BCUT2D eigenvalue weighted by Crippen LogP contribution is 2.44. The second-order valence-corrected chi connectivity index (χ2v) is 7.83. The van der Waals surface area contributed by atoms with E-state index in [4.69, 9.17) is 4.74 Å². The molecule has 1 aromatic rings. The van der Waals surface area contributed by atoms with E-state index in [1.807, 2.05) is 6.08 Å². The number of hydrogen-bond acceptors (Lipinski definition) is 4. The molecule has 2 N–H and O–H groups in total. The molecule has 0 amide bonds. The number of carbonyl (C=O) groups is 1. The molecule has 3 rings (SSSR count). The fourth-order valence-electron chi connectivity index (χ4n) is 3.91. The molecule has 4 nitrogen and oxygen atoms in total. The normalized spacial score (nSPS) is 29.1. The molecule has 26 heavy (non-hydrogen) atoms. The summed E-state index contributed by atoms with van der Waals surface area (Å²) in [5, 5.41) is 20.1. The zero-order chi connectivity index (χ0) is 18.9. The predicted molar refractivity (Wildman–Crippen MR) is 96.6 cm³/mol. The first-order valence-corrected chi connectivity index (χ1v) is 8.98. The molecule has 1 aromatic carbocycles. The summed E-state index contributed by atoms with van der Waals surface area (Å²) in [6.45, 7) is 4.11. The van der Waals surface area contributed by atoms with Crippen LogP contribution in [-0.4, -0.2) is 34.5 Å². The quantitative estimate of drug-likeness (QED) is 0.811. The van der Waals surface area contributed by atoms with Crippen molar-refractivity contribution in [3.63, 3.8) is 0 Å². The Kier molecular flexibility index (Phi) is 5.30. The second kappa shape index (κ2) is 7.33. The predicted octanol–water partition coefficient (Wildman–Crippen LogP) is 3.38. The number of allylic oxidation sites excluding steroid dienone is 2. The summed E-state index contributed by atoms with van der Waals surface area (Å²) >= 11 is 0. The smallest absolute Gasteiger partial charge is 0.309 e. The Morgan fingerprint density at radius 1 is 1.15 bits per heavy atom. The van der Waals surface area contributed by atoms with Gasteiger partial charge < -0.3 is 14.9 Å². The van der Waals surface area contributed by atoms with E-state index in [2.05, 4.69) is 13.8 Å². The molecule has 3 atom stereocenters. The van der Waals surface area contributed by atoms with E-state index in [1.165, 1.54) is 12.1 Å². The number of aliphatic hydroxyl groups excluding tert-OH is 2. The van der Waals surface area contributed by atoms with E-state index in [9.17, 15) is 19.4 Å². The molecular formula is C21H25FO4. The van der Waals surface area contributed by atoms with E-state index in [0.29, 0.717) is 19.3 Å². The molecule has 5 heteroatoms. The molecule has 140 valence electrons. The Labute approximate surface area is 153 Å². The van der Waals surface area contributed by atoms with Gasteiger partial charge in [0, 0.05) is 6.42 Å². The van der Waals surface area contributed by atoms with Crippen LogP contribution in [0, 0.1) is 11.2 Å². The number of halogens is 1. The van der Waals surface area contributed by atoms with Gasteiger partial charge in [0.05, 0.1) is 18.6 Å². The standard InChI is InChI=1S/C21H25FO4/c1-21(2)12-16(24)10-18(13-3-5-14(22)6-4-13)19(21)8-7-17-9-15(23)11-20(25)26-17/h3-8,15-17,23-24H,9-12H2,1-2H3. The number of benzene rings is 1. The fourth-order valence-corrected chi connectivity index (χ4v) is 3.91. The highest BCUT2D eigenvalue weighted by atomic mass is 19.1. The number of carbonyl (C=O) groups excluding carboxylic acids is 1. The Morgan fingerprint density at radius 3 is 2.50 bits per heavy atom. The molecule has 0 bridgehead atoms. The van der Waals surface area contributed by atoms with E-state index >= 15 is 0 Å². The Balaban J connectivity index is 1.96. The van der Waals surface area contributed by atoms with Gasteiger partial charge in [-0.1, -0.05) is 32.1 Å². The minimum Gasteiger partial charge on any atom is -0.458 e. The third-order valence-corrected chi connectivity index (χ3v) is 5.10. The minimum absolute atomic E-state index is 0.0333. The number of hydrogen-bond donors (Lipinski definition) is 2. The Bertz CT molecular complexity index is 733. The molecule has 0 saturated carbocycles. The lowest BCUT2D eigenvalue weighted by atomic mass is 9.69. The van der Waals surface area contributed by atoms with Crippen LogP contribution in [0.15, 0.2) is 42.0 Å². The molecule has 1 heterocycles. The van der Waals surface area contributed by atoms with Gasteiger partial charge in [-0.2, -0.15) is 0 Å². The molecule has 1 aliphatic carbocycles. The van der Waals surface area contributed by atoms with Crippen molar-refractivity contribution in [2.75, 3.05) is 0 Å². The van der Waals surface area contributed by atoms with Gasteiger partial charge in [0.1, 0.15) is 11.9 Å². The van der Waals surface area contributed by atoms with E-state index in [-0.39, 0.29) is 17.7 Å². The highest BCUT2D eigenvalue weighted by Gasteiger charge is 2.34. The number of ether oxygens (including phenoxy) is 1. The molecule has 2 aliphatic rings. The number of aliphatic hydroxyl groups is 2. The monoisotopic (exact) mass is 360 g/mol. The maximum Gasteiger partial charge on any atom is 0.309 e. The molecule has 0 radical (unpaired) electrons. The fraction of sp³-hybridized carbons (Fsp3) is 0.476. The van der Waals surface area contributed by atoms with Crippen LogP contribution in [0.25, 0.3) is 5.57 Å². The van der Waals surface area contributed by atoms with E-state index < -0.39 is 24.3 Å². The summed E-state index contributed by atoms with van der Waals surface area (Å²) in [5.41, 5.74) is 2.59. The lowest BCUT2D eigenvalue weighted by Gasteiger charge is -2.37. The summed E-state index contributed by atoms with van der Waals surface area (Å²) in [4.78, 5) is 11.5. The first-order chi connectivity index (χ1) is 12.2. The third kappa shape index (κ3) is 4.22. The second-order valence-electron chi connectivity index (χ2n) is 7.83. The van der Waals surface area contributed by atoms with Crippen LogP contribution in [0.5, 0.6) is 0 Å². The van der Waals surface area contributed by atoms with Crippen molar-refractivity contribution in [2.24, 2.45) is 5.41 Å². The van der Waals surface area contributed by atoms with Gasteiger partial charge in [0.15, 0.2) is 0 Å². The van der Waals surface area contributed by atoms with Crippen LogP contribution in [0.4, 0.5) is 4.39 Å². The van der Waals surface area contributed by atoms with Gasteiger partial charge in [-0.3, -0.25) is 4.79 Å². The zero-order valence-corrected chi connectivity index (χ0v) is 15.1. The van der Waals surface area contributed by atoms with Crippen molar-refractivity contribution in [1.29, 1.82) is 0 Å². The molecule has 1 aliphatic heterocycles. The summed E-state index contributed by atoms with van der Waals surface area (Å²) in [6.07, 6.45) is 3.64. The number of cyclic esters (lactones) is 1. The number of esters is 1. The van der Waals surface area contributed by atoms with Gasteiger partial charge in [0.2, 0.25) is 0 Å². The lowest BCUT2D eigenvalue weighted by molar-refractivity contribution is -0.156. The molecule has 0 aromatic heterocycles. The van der Waals surface area contributed by atoms with Crippen molar-refractivity contribution in [2.45, 2.75) is 57.8 Å². The summed E-state index contributed by atoms with van der Waals surface area (Å²) in [7, 11) is 0. The average Bonchev–Trinajstić information content (AvgIpc) is 2.52. The molecule has 1 fully saturated rings. The van der Waals surface area contributed by atoms with Gasteiger partial charge in [0.25, 0.3) is 0 Å². The molecule has 0 spiro atoms. The largest absolute Gasteiger partial charge is 0.458 e. The summed E-state index contributed by atoms with van der Waals surface area (Å²) in [6, 6.07) is 6.27. The van der Waals surface area contributed by atoms with Gasteiger partial charge in [-0.25, -0.2) is 4.39 Å². The van der Waals surface area contributed by atoms with Gasteiger partial charge >= 0.3 is 5.97 Å². The topological polar surface area (TPSA) is 66.8 Å². The molecule has 1 saturated heterocycles. The van der Waals surface area contributed by atoms with Crippen molar-refractivity contribution in [3.05, 3.63) is 53.4 Å². The summed E-state index contributed by atoms with van der Waals surface area (Å²) < 4.78 is 18.6. The SMILES string of the molecule is CC1(C)CC(O)CC(c2ccc(F)cc2)=C1C=CC1CC(O)CC(=O)O1. The van der Waals surface area contributed by atoms with Crippen LogP contribution in [-0.2, 0) is 9.53 Å². The van der Waals surface area contributed by atoms with Crippen molar-refractivity contribution >= 4 is 11.5 Å². The van der Waals surface area contributed by atoms with Crippen LogP contribution >= 0.6 is 0 Å². The van der Waals surface area contributed by atoms with E-state index in [1.54, 1.807) is 18.2 Å². The highest BCUT2D eigenvalue weighted by molar-refractivity contribution is 5.74. The first-order valence-electron chi connectivity index (χ1n) is 8.98. The van der Waals surface area contributed by atoms with Crippen molar-refractivity contribution in [1.82, 2.24) is 0 Å².